The Morgan fingerprint density at radius 1 is 1.59 bits per heavy atom. The Morgan fingerprint density at radius 3 is 2.94 bits per heavy atom. The lowest BCUT2D eigenvalue weighted by Crippen LogP contribution is -2.23. The number of halogens is 2. The van der Waals surface area contributed by atoms with Gasteiger partial charge in [-0.05, 0) is 37.1 Å². The molecule has 94 valence electrons. The van der Waals surface area contributed by atoms with Crippen molar-refractivity contribution in [3.63, 3.8) is 0 Å². The predicted octanol–water partition coefficient (Wildman–Crippen LogP) is 2.37. The molecule has 17 heavy (non-hydrogen) atoms. The smallest absolute Gasteiger partial charge is 0.220 e. The minimum absolute atomic E-state index is 0.151. The van der Waals surface area contributed by atoms with Gasteiger partial charge < -0.3 is 10.4 Å². The van der Waals surface area contributed by atoms with E-state index in [9.17, 15) is 9.18 Å². The number of aliphatic hydroxyl groups is 1. The van der Waals surface area contributed by atoms with Crippen molar-refractivity contribution in [2.24, 2.45) is 0 Å². The van der Waals surface area contributed by atoms with Gasteiger partial charge in [0, 0.05) is 17.4 Å². The van der Waals surface area contributed by atoms with Crippen molar-refractivity contribution in [2.45, 2.75) is 32.4 Å². The number of carbonyl (C=O) groups is 1. The van der Waals surface area contributed by atoms with Crippen LogP contribution in [0.15, 0.2) is 22.7 Å². The van der Waals surface area contributed by atoms with Crippen LogP contribution < -0.4 is 5.32 Å². The lowest BCUT2D eigenvalue weighted by molar-refractivity contribution is -0.121. The number of hydrogen-bond donors (Lipinski definition) is 2. The molecule has 0 aliphatic carbocycles. The van der Waals surface area contributed by atoms with Crippen molar-refractivity contribution >= 4 is 21.8 Å². The maximum Gasteiger partial charge on any atom is 0.220 e. The Morgan fingerprint density at radius 2 is 2.29 bits per heavy atom. The van der Waals surface area contributed by atoms with E-state index in [4.69, 9.17) is 5.11 Å². The molecule has 1 amide bonds. The number of amides is 1. The van der Waals surface area contributed by atoms with E-state index >= 15 is 0 Å². The third-order valence-electron chi connectivity index (χ3n) is 2.27. The van der Waals surface area contributed by atoms with Gasteiger partial charge >= 0.3 is 0 Å². The summed E-state index contributed by atoms with van der Waals surface area (Å²) in [5.74, 6) is -0.483. The average molecular weight is 304 g/mol. The second kappa shape index (κ2) is 6.71. The molecule has 0 spiro atoms. The van der Waals surface area contributed by atoms with Crippen LogP contribution >= 0.6 is 15.9 Å². The highest BCUT2D eigenvalue weighted by molar-refractivity contribution is 9.10. The molecule has 0 bridgehead atoms. The molecule has 5 heteroatoms. The molecular weight excluding hydrogens is 289 g/mol. The Hall–Kier alpha value is -0.940. The highest BCUT2D eigenvalue weighted by atomic mass is 79.9. The summed E-state index contributed by atoms with van der Waals surface area (Å²) in [6.45, 7) is 1.91. The predicted molar refractivity (Wildman–Crippen MR) is 66.9 cm³/mol. The third-order valence-corrected chi connectivity index (χ3v) is 3.05. The van der Waals surface area contributed by atoms with Crippen LogP contribution in [-0.2, 0) is 11.3 Å². The van der Waals surface area contributed by atoms with E-state index in [1.165, 1.54) is 12.1 Å². The molecule has 0 radical (unpaired) electrons. The molecule has 1 unspecified atom stereocenters. The minimum Gasteiger partial charge on any atom is -0.393 e. The molecule has 0 fully saturated rings. The first-order valence-electron chi connectivity index (χ1n) is 5.37. The number of nitrogens with one attached hydrogen (secondary N) is 1. The van der Waals surface area contributed by atoms with Crippen LogP contribution in [0.5, 0.6) is 0 Å². The third kappa shape index (κ3) is 5.28. The molecule has 2 N–H and O–H groups in total. The SMILES string of the molecule is CC(O)CCC(=O)NCc1cc(F)ccc1Br. The first-order valence-corrected chi connectivity index (χ1v) is 6.17. The maximum atomic E-state index is 13.0. The van der Waals surface area contributed by atoms with Gasteiger partial charge in [0.05, 0.1) is 6.10 Å². The molecule has 1 aromatic rings. The van der Waals surface area contributed by atoms with E-state index in [-0.39, 0.29) is 24.7 Å². The molecule has 1 rings (SSSR count). The van der Waals surface area contributed by atoms with Crippen LogP contribution in [0.4, 0.5) is 4.39 Å². The van der Waals surface area contributed by atoms with Crippen molar-refractivity contribution in [1.82, 2.24) is 5.32 Å². The minimum atomic E-state index is -0.485. The van der Waals surface area contributed by atoms with Crippen molar-refractivity contribution in [1.29, 1.82) is 0 Å². The summed E-state index contributed by atoms with van der Waals surface area (Å²) in [6.07, 6.45) is 0.211. The maximum absolute atomic E-state index is 13.0. The number of aliphatic hydroxyl groups excluding tert-OH is 1. The molecule has 3 nitrogen and oxygen atoms in total. The van der Waals surface area contributed by atoms with Gasteiger partial charge in [-0.15, -0.1) is 0 Å². The fraction of sp³-hybridized carbons (Fsp3) is 0.417. The van der Waals surface area contributed by atoms with E-state index in [1.54, 1.807) is 13.0 Å². The zero-order valence-electron chi connectivity index (χ0n) is 9.54. The van der Waals surface area contributed by atoms with Gasteiger partial charge in [-0.2, -0.15) is 0 Å². The van der Waals surface area contributed by atoms with Gasteiger partial charge in [-0.1, -0.05) is 15.9 Å². The molecular formula is C12H15BrFNO2. The summed E-state index contributed by atoms with van der Waals surface area (Å²) in [5.41, 5.74) is 0.690. The van der Waals surface area contributed by atoms with Gasteiger partial charge in [-0.25, -0.2) is 4.39 Å². The fourth-order valence-electron chi connectivity index (χ4n) is 1.30. The van der Waals surface area contributed by atoms with Crippen LogP contribution in [0.25, 0.3) is 0 Å². The largest absolute Gasteiger partial charge is 0.393 e. The highest BCUT2D eigenvalue weighted by Crippen LogP contribution is 2.17. The van der Waals surface area contributed by atoms with Crippen molar-refractivity contribution in [3.8, 4) is 0 Å². The second-order valence-corrected chi connectivity index (χ2v) is 4.75. The molecule has 0 heterocycles. The number of carbonyl (C=O) groups excluding carboxylic acids is 1. The van der Waals surface area contributed by atoms with E-state index in [0.29, 0.717) is 12.0 Å². The van der Waals surface area contributed by atoms with Crippen LogP contribution in [0, 0.1) is 5.82 Å². The lowest BCUT2D eigenvalue weighted by atomic mass is 10.2. The number of benzene rings is 1. The van der Waals surface area contributed by atoms with Crippen molar-refractivity contribution in [3.05, 3.63) is 34.1 Å². The molecule has 0 aromatic heterocycles. The molecule has 0 aliphatic rings. The summed E-state index contributed by atoms with van der Waals surface area (Å²) in [4.78, 5) is 11.4. The van der Waals surface area contributed by atoms with Crippen molar-refractivity contribution in [2.75, 3.05) is 0 Å². The van der Waals surface area contributed by atoms with Crippen molar-refractivity contribution < 1.29 is 14.3 Å². The van der Waals surface area contributed by atoms with Gasteiger partial charge in [0.1, 0.15) is 5.82 Å². The van der Waals surface area contributed by atoms with Crippen LogP contribution in [-0.4, -0.2) is 17.1 Å². The molecule has 1 aromatic carbocycles. The topological polar surface area (TPSA) is 49.3 Å². The second-order valence-electron chi connectivity index (χ2n) is 3.90. The standard InChI is InChI=1S/C12H15BrFNO2/c1-8(16)2-5-12(17)15-7-9-6-10(14)3-4-11(9)13/h3-4,6,8,16H,2,5,7H2,1H3,(H,15,17). The first kappa shape index (κ1) is 14.1. The van der Waals surface area contributed by atoms with Gasteiger partial charge in [-0.3, -0.25) is 4.79 Å². The summed E-state index contributed by atoms with van der Waals surface area (Å²) in [6, 6.07) is 4.33. The van der Waals surface area contributed by atoms with Gasteiger partial charge in [0.15, 0.2) is 0 Å². The number of hydrogen-bond acceptors (Lipinski definition) is 2. The normalized spacial score (nSPS) is 12.2. The van der Waals surface area contributed by atoms with Gasteiger partial charge in [0.25, 0.3) is 0 Å². The average Bonchev–Trinajstić information content (AvgIpc) is 2.27. The zero-order valence-corrected chi connectivity index (χ0v) is 11.1. The summed E-state index contributed by atoms with van der Waals surface area (Å²) in [7, 11) is 0. The Balaban J connectivity index is 2.44. The van der Waals surface area contributed by atoms with Gasteiger partial charge in [0.2, 0.25) is 5.91 Å². The van der Waals surface area contributed by atoms with Crippen LogP contribution in [0.2, 0.25) is 0 Å². The number of rotatable bonds is 5. The zero-order chi connectivity index (χ0) is 12.8. The fourth-order valence-corrected chi connectivity index (χ4v) is 1.69. The summed E-state index contributed by atoms with van der Waals surface area (Å²) in [5, 5.41) is 11.7. The monoisotopic (exact) mass is 303 g/mol. The molecule has 0 saturated heterocycles. The Kier molecular flexibility index (Phi) is 5.58. The molecule has 0 saturated carbocycles. The van der Waals surface area contributed by atoms with E-state index in [1.807, 2.05) is 0 Å². The Bertz CT molecular complexity index is 396. The molecule has 0 aliphatic heterocycles. The summed E-state index contributed by atoms with van der Waals surface area (Å²) >= 11 is 3.28. The van der Waals surface area contributed by atoms with E-state index in [0.717, 1.165) is 4.47 Å². The van der Waals surface area contributed by atoms with E-state index in [2.05, 4.69) is 21.2 Å². The quantitative estimate of drug-likeness (QED) is 0.877. The van der Waals surface area contributed by atoms with Crippen LogP contribution in [0.3, 0.4) is 0 Å². The Labute approximate surface area is 108 Å². The highest BCUT2D eigenvalue weighted by Gasteiger charge is 2.06. The van der Waals surface area contributed by atoms with Crippen LogP contribution in [0.1, 0.15) is 25.3 Å². The first-order chi connectivity index (χ1) is 7.99. The van der Waals surface area contributed by atoms with E-state index < -0.39 is 6.10 Å². The lowest BCUT2D eigenvalue weighted by Gasteiger charge is -2.08. The summed E-state index contributed by atoms with van der Waals surface area (Å²) < 4.78 is 13.7. The molecule has 1 atom stereocenters.